The van der Waals surface area contributed by atoms with Crippen molar-refractivity contribution in [1.82, 2.24) is 4.31 Å². The number of benzene rings is 2. The van der Waals surface area contributed by atoms with E-state index in [-0.39, 0.29) is 4.31 Å². The minimum Gasteiger partial charge on any atom is -0.464 e. The summed E-state index contributed by atoms with van der Waals surface area (Å²) in [5.41, 5.74) is -0.596. The van der Waals surface area contributed by atoms with Gasteiger partial charge < -0.3 is 5.11 Å². The Bertz CT molecular complexity index is 818. The molecule has 0 atom stereocenters. The van der Waals surface area contributed by atoms with Gasteiger partial charge in [-0.15, -0.1) is 0 Å². The minimum absolute atomic E-state index is 0.185. The van der Waals surface area contributed by atoms with Gasteiger partial charge in [-0.3, -0.25) is 0 Å². The van der Waals surface area contributed by atoms with Crippen LogP contribution in [0.2, 0.25) is 0 Å². The lowest BCUT2D eigenvalue weighted by Gasteiger charge is -2.19. The molecule has 0 spiro atoms. The molecule has 24 heavy (non-hydrogen) atoms. The van der Waals surface area contributed by atoms with Gasteiger partial charge in [-0.25, -0.2) is 13.2 Å². The van der Waals surface area contributed by atoms with Crippen molar-refractivity contribution < 1.29 is 31.5 Å². The van der Waals surface area contributed by atoms with Crippen LogP contribution in [-0.2, 0) is 22.7 Å². The minimum atomic E-state index is -4.61. The van der Waals surface area contributed by atoms with Gasteiger partial charge in [-0.2, -0.15) is 17.5 Å². The van der Waals surface area contributed by atoms with Gasteiger partial charge in [0.25, 0.3) is 10.0 Å². The molecule has 0 aliphatic rings. The highest BCUT2D eigenvalue weighted by Crippen LogP contribution is 2.30. The van der Waals surface area contributed by atoms with Crippen molar-refractivity contribution in [2.45, 2.75) is 17.6 Å². The SMILES string of the molecule is O=C(O)N(Cc1ccccc1)S(=O)(=O)c1ccc(C(F)(F)F)cc1. The quantitative estimate of drug-likeness (QED) is 0.906. The topological polar surface area (TPSA) is 74.7 Å². The highest BCUT2D eigenvalue weighted by atomic mass is 32.2. The largest absolute Gasteiger partial charge is 0.464 e. The Morgan fingerprint density at radius 1 is 1.00 bits per heavy atom. The lowest BCUT2D eigenvalue weighted by molar-refractivity contribution is -0.137. The summed E-state index contributed by atoms with van der Waals surface area (Å²) in [5, 5.41) is 9.18. The second-order valence-corrected chi connectivity index (χ2v) is 6.66. The van der Waals surface area contributed by atoms with Crippen molar-refractivity contribution in [1.29, 1.82) is 0 Å². The van der Waals surface area contributed by atoms with Crippen LogP contribution in [0.25, 0.3) is 0 Å². The van der Waals surface area contributed by atoms with Gasteiger partial charge in [0.1, 0.15) is 0 Å². The molecule has 0 radical (unpaired) electrons. The number of nitrogens with zero attached hydrogens (tertiary/aromatic N) is 1. The van der Waals surface area contributed by atoms with Gasteiger partial charge in [-0.05, 0) is 29.8 Å². The first-order chi connectivity index (χ1) is 11.1. The van der Waals surface area contributed by atoms with Crippen LogP contribution in [0.5, 0.6) is 0 Å². The van der Waals surface area contributed by atoms with Crippen LogP contribution in [0.3, 0.4) is 0 Å². The standard InChI is InChI=1S/C15H12F3NO4S/c16-15(17,18)12-6-8-13(9-7-12)24(22,23)19(14(20)21)10-11-4-2-1-3-5-11/h1-9H,10H2,(H,20,21). The zero-order valence-electron chi connectivity index (χ0n) is 12.1. The molecule has 0 unspecified atom stereocenters. The first kappa shape index (κ1) is 17.8. The van der Waals surface area contributed by atoms with Gasteiger partial charge in [0, 0.05) is 0 Å². The highest BCUT2D eigenvalue weighted by Gasteiger charge is 2.33. The van der Waals surface area contributed by atoms with Gasteiger partial charge >= 0.3 is 12.3 Å². The lowest BCUT2D eigenvalue weighted by atomic mass is 10.2. The fourth-order valence-corrected chi connectivity index (χ4v) is 3.21. The van der Waals surface area contributed by atoms with Gasteiger partial charge in [0.15, 0.2) is 0 Å². The van der Waals surface area contributed by atoms with E-state index in [9.17, 15) is 31.5 Å². The Morgan fingerprint density at radius 3 is 2.00 bits per heavy atom. The van der Waals surface area contributed by atoms with Crippen LogP contribution in [0.15, 0.2) is 59.5 Å². The maximum absolute atomic E-state index is 12.5. The van der Waals surface area contributed by atoms with E-state index in [1.807, 2.05) is 0 Å². The van der Waals surface area contributed by atoms with Gasteiger partial charge in [-0.1, -0.05) is 30.3 Å². The molecule has 5 nitrogen and oxygen atoms in total. The summed E-state index contributed by atoms with van der Waals surface area (Å²) < 4.78 is 62.6. The van der Waals surface area contributed by atoms with Crippen LogP contribution < -0.4 is 0 Å². The van der Waals surface area contributed by atoms with Gasteiger partial charge in [0.05, 0.1) is 17.0 Å². The second-order valence-electron chi connectivity index (χ2n) is 4.80. The summed E-state index contributed by atoms with van der Waals surface area (Å²) in [6.07, 6.45) is -6.34. The van der Waals surface area contributed by atoms with E-state index in [1.165, 1.54) is 12.1 Å². The number of carboxylic acid groups (broad SMARTS) is 1. The van der Waals surface area contributed by atoms with Gasteiger partial charge in [0.2, 0.25) is 0 Å². The van der Waals surface area contributed by atoms with Crippen LogP contribution >= 0.6 is 0 Å². The maximum Gasteiger partial charge on any atom is 0.421 e. The zero-order valence-corrected chi connectivity index (χ0v) is 12.9. The third-order valence-electron chi connectivity index (χ3n) is 3.15. The molecule has 2 rings (SSSR count). The number of halogens is 3. The molecular formula is C15H12F3NO4S. The monoisotopic (exact) mass is 359 g/mol. The van der Waals surface area contributed by atoms with E-state index < -0.39 is 39.3 Å². The van der Waals surface area contributed by atoms with Crippen molar-refractivity contribution in [2.75, 3.05) is 0 Å². The van der Waals surface area contributed by atoms with E-state index in [0.29, 0.717) is 17.7 Å². The highest BCUT2D eigenvalue weighted by molar-refractivity contribution is 7.89. The fraction of sp³-hybridized carbons (Fsp3) is 0.133. The second kappa shape index (κ2) is 6.52. The first-order valence-corrected chi connectivity index (χ1v) is 8.03. The fourth-order valence-electron chi connectivity index (χ4n) is 1.95. The molecule has 0 bridgehead atoms. The first-order valence-electron chi connectivity index (χ1n) is 6.59. The number of hydrogen-bond acceptors (Lipinski definition) is 3. The van der Waals surface area contributed by atoms with E-state index in [2.05, 4.69) is 0 Å². The van der Waals surface area contributed by atoms with E-state index in [1.54, 1.807) is 18.2 Å². The Hall–Kier alpha value is -2.55. The number of sulfonamides is 1. The average Bonchev–Trinajstić information content (AvgIpc) is 2.52. The summed E-state index contributed by atoms with van der Waals surface area (Å²) >= 11 is 0. The molecule has 0 aliphatic heterocycles. The smallest absolute Gasteiger partial charge is 0.421 e. The molecule has 128 valence electrons. The van der Waals surface area contributed by atoms with Crippen molar-refractivity contribution >= 4 is 16.1 Å². The Labute approximate surface area is 136 Å². The van der Waals surface area contributed by atoms with E-state index >= 15 is 0 Å². The molecule has 1 amide bonds. The Kier molecular flexibility index (Phi) is 4.83. The summed E-state index contributed by atoms with van der Waals surface area (Å²) in [4.78, 5) is 10.8. The van der Waals surface area contributed by atoms with Crippen LogP contribution in [-0.4, -0.2) is 23.9 Å². The Balaban J connectivity index is 2.36. The summed E-state index contributed by atoms with van der Waals surface area (Å²) in [6, 6.07) is 10.6. The molecule has 0 fully saturated rings. The van der Waals surface area contributed by atoms with Crippen LogP contribution in [0.1, 0.15) is 11.1 Å². The number of carbonyl (C=O) groups is 1. The molecule has 2 aromatic carbocycles. The maximum atomic E-state index is 12.5. The van der Waals surface area contributed by atoms with Crippen LogP contribution in [0, 0.1) is 0 Å². The normalized spacial score (nSPS) is 12.0. The average molecular weight is 359 g/mol. The van der Waals surface area contributed by atoms with Crippen molar-refractivity contribution in [3.8, 4) is 0 Å². The molecule has 9 heteroatoms. The molecule has 0 heterocycles. The summed E-state index contributed by atoms with van der Waals surface area (Å²) in [5.74, 6) is 0. The predicted molar refractivity (Wildman–Crippen MR) is 78.6 cm³/mol. The molecule has 0 saturated carbocycles. The number of hydrogen-bond donors (Lipinski definition) is 1. The molecule has 1 N–H and O–H groups in total. The number of rotatable bonds is 4. The third kappa shape index (κ3) is 3.85. The number of amides is 1. The Morgan fingerprint density at radius 2 is 1.54 bits per heavy atom. The van der Waals surface area contributed by atoms with Crippen LogP contribution in [0.4, 0.5) is 18.0 Å². The molecule has 0 saturated heterocycles. The molecular weight excluding hydrogens is 347 g/mol. The van der Waals surface area contributed by atoms with Crippen molar-refractivity contribution in [3.05, 3.63) is 65.7 Å². The summed E-state index contributed by atoms with van der Waals surface area (Å²) in [6.45, 7) is -0.445. The summed E-state index contributed by atoms with van der Waals surface area (Å²) in [7, 11) is -4.49. The molecule has 0 aliphatic carbocycles. The van der Waals surface area contributed by atoms with E-state index in [4.69, 9.17) is 0 Å². The third-order valence-corrected chi connectivity index (χ3v) is 4.89. The zero-order chi connectivity index (χ0) is 18.0. The lowest BCUT2D eigenvalue weighted by Crippen LogP contribution is -2.35. The van der Waals surface area contributed by atoms with Crippen molar-refractivity contribution in [3.63, 3.8) is 0 Å². The predicted octanol–water partition coefficient (Wildman–Crippen LogP) is 3.57. The molecule has 2 aromatic rings. The van der Waals surface area contributed by atoms with E-state index in [0.717, 1.165) is 12.1 Å². The molecule has 0 aromatic heterocycles. The number of alkyl halides is 3. The van der Waals surface area contributed by atoms with Crippen molar-refractivity contribution in [2.24, 2.45) is 0 Å².